The van der Waals surface area contributed by atoms with E-state index >= 15 is 0 Å². The molecular formula is C11H9NOS. The quantitative estimate of drug-likeness (QED) is 0.713. The number of hydrogen-bond acceptors (Lipinski definition) is 3. The number of fused-ring (bicyclic) bond motifs is 1. The Morgan fingerprint density at radius 2 is 2.21 bits per heavy atom. The van der Waals surface area contributed by atoms with Crippen molar-refractivity contribution >= 4 is 21.4 Å². The van der Waals surface area contributed by atoms with Crippen molar-refractivity contribution in [1.82, 2.24) is 0 Å². The molecule has 1 aromatic heterocycles. The molecule has 2 aromatic rings. The van der Waals surface area contributed by atoms with Gasteiger partial charge in [0.15, 0.2) is 0 Å². The highest BCUT2D eigenvalue weighted by Gasteiger charge is 2.07. The molecule has 70 valence electrons. The predicted molar refractivity (Wildman–Crippen MR) is 57.8 cm³/mol. The fourth-order valence-corrected chi connectivity index (χ4v) is 2.53. The van der Waals surface area contributed by atoms with Crippen molar-refractivity contribution in [3.05, 3.63) is 28.6 Å². The normalized spacial score (nSPS) is 10.1. The molecule has 0 saturated heterocycles. The summed E-state index contributed by atoms with van der Waals surface area (Å²) in [6.07, 6.45) is 0. The van der Waals surface area contributed by atoms with Crippen molar-refractivity contribution in [1.29, 1.82) is 5.26 Å². The fraction of sp³-hybridized carbons (Fsp3) is 0.182. The summed E-state index contributed by atoms with van der Waals surface area (Å²) < 4.78 is 6.28. The molecule has 1 aromatic carbocycles. The Balaban J connectivity index is 2.80. The lowest BCUT2D eigenvalue weighted by atomic mass is 10.1. The third-order valence-electron chi connectivity index (χ3n) is 2.20. The van der Waals surface area contributed by atoms with E-state index in [4.69, 9.17) is 10.00 Å². The smallest absolute Gasteiger partial charge is 0.120 e. The van der Waals surface area contributed by atoms with Crippen molar-refractivity contribution < 1.29 is 4.74 Å². The van der Waals surface area contributed by atoms with Crippen LogP contribution in [-0.4, -0.2) is 7.11 Å². The number of ether oxygens (including phenoxy) is 1. The monoisotopic (exact) mass is 203 g/mol. The zero-order valence-electron chi connectivity index (χ0n) is 8.00. The molecule has 0 saturated carbocycles. The van der Waals surface area contributed by atoms with Crippen LogP contribution in [0.1, 0.15) is 11.1 Å². The molecule has 0 fully saturated rings. The van der Waals surface area contributed by atoms with Crippen molar-refractivity contribution in [2.45, 2.75) is 6.92 Å². The number of nitrogens with zero attached hydrogens (tertiary/aromatic N) is 1. The standard InChI is InChI=1S/C11H9NOS/c1-7-3-9(13-2)4-10-11(7)8(5-12)6-14-10/h3-4,6H,1-2H3. The van der Waals surface area contributed by atoms with E-state index in [2.05, 4.69) is 6.07 Å². The minimum Gasteiger partial charge on any atom is -0.497 e. The van der Waals surface area contributed by atoms with Crippen molar-refractivity contribution in [2.24, 2.45) is 0 Å². The van der Waals surface area contributed by atoms with Gasteiger partial charge in [-0.3, -0.25) is 0 Å². The lowest BCUT2D eigenvalue weighted by Crippen LogP contribution is -1.84. The van der Waals surface area contributed by atoms with E-state index < -0.39 is 0 Å². The topological polar surface area (TPSA) is 33.0 Å². The number of benzene rings is 1. The third kappa shape index (κ3) is 1.24. The molecule has 0 spiro atoms. The van der Waals surface area contributed by atoms with Crippen LogP contribution in [-0.2, 0) is 0 Å². The van der Waals surface area contributed by atoms with Gasteiger partial charge < -0.3 is 4.74 Å². The average molecular weight is 203 g/mol. The maximum Gasteiger partial charge on any atom is 0.120 e. The van der Waals surface area contributed by atoms with Gasteiger partial charge in [-0.05, 0) is 24.6 Å². The predicted octanol–water partition coefficient (Wildman–Crippen LogP) is 3.09. The molecule has 2 rings (SSSR count). The SMILES string of the molecule is COc1cc(C)c2c(C#N)csc2c1. The average Bonchev–Trinajstić information content (AvgIpc) is 2.61. The molecule has 0 bridgehead atoms. The summed E-state index contributed by atoms with van der Waals surface area (Å²) in [5, 5.41) is 11.8. The van der Waals surface area contributed by atoms with E-state index in [1.165, 1.54) is 0 Å². The van der Waals surface area contributed by atoms with Gasteiger partial charge in [0.1, 0.15) is 11.8 Å². The summed E-state index contributed by atoms with van der Waals surface area (Å²) >= 11 is 1.58. The summed E-state index contributed by atoms with van der Waals surface area (Å²) in [7, 11) is 1.65. The minimum absolute atomic E-state index is 0.755. The first kappa shape index (κ1) is 9.04. The molecule has 0 radical (unpaired) electrons. The second kappa shape index (κ2) is 3.32. The van der Waals surface area contributed by atoms with Gasteiger partial charge >= 0.3 is 0 Å². The maximum absolute atomic E-state index is 8.90. The van der Waals surface area contributed by atoms with Gasteiger partial charge in [-0.25, -0.2) is 0 Å². The molecule has 0 unspecified atom stereocenters. The maximum atomic E-state index is 8.90. The Bertz CT molecular complexity index is 522. The second-order valence-electron chi connectivity index (χ2n) is 3.08. The largest absolute Gasteiger partial charge is 0.497 e. The van der Waals surface area contributed by atoms with Gasteiger partial charge in [-0.15, -0.1) is 11.3 Å². The lowest BCUT2D eigenvalue weighted by molar-refractivity contribution is 0.415. The van der Waals surface area contributed by atoms with Gasteiger partial charge in [-0.2, -0.15) is 5.26 Å². The summed E-state index contributed by atoms with van der Waals surface area (Å²) in [4.78, 5) is 0. The van der Waals surface area contributed by atoms with Crippen molar-refractivity contribution in [3.63, 3.8) is 0 Å². The highest BCUT2D eigenvalue weighted by Crippen LogP contribution is 2.32. The number of hydrogen-bond donors (Lipinski definition) is 0. The van der Waals surface area contributed by atoms with Crippen molar-refractivity contribution in [3.8, 4) is 11.8 Å². The first-order chi connectivity index (χ1) is 6.76. The number of aryl methyl sites for hydroxylation is 1. The first-order valence-electron chi connectivity index (χ1n) is 4.22. The van der Waals surface area contributed by atoms with Gasteiger partial charge in [-0.1, -0.05) is 0 Å². The molecule has 0 atom stereocenters. The lowest BCUT2D eigenvalue weighted by Gasteiger charge is -2.02. The van der Waals surface area contributed by atoms with Crippen LogP contribution in [0.2, 0.25) is 0 Å². The molecule has 2 nitrogen and oxygen atoms in total. The second-order valence-corrected chi connectivity index (χ2v) is 3.99. The summed E-state index contributed by atoms with van der Waals surface area (Å²) in [5.74, 6) is 0.848. The van der Waals surface area contributed by atoms with Crippen LogP contribution in [0.3, 0.4) is 0 Å². The Morgan fingerprint density at radius 3 is 2.86 bits per heavy atom. The van der Waals surface area contributed by atoms with E-state index in [1.807, 2.05) is 24.4 Å². The van der Waals surface area contributed by atoms with Crippen LogP contribution in [0.25, 0.3) is 10.1 Å². The van der Waals surface area contributed by atoms with Gasteiger partial charge in [0, 0.05) is 15.5 Å². The number of thiophene rings is 1. The van der Waals surface area contributed by atoms with Crippen LogP contribution < -0.4 is 4.74 Å². The van der Waals surface area contributed by atoms with E-state index in [-0.39, 0.29) is 0 Å². The van der Waals surface area contributed by atoms with E-state index in [0.29, 0.717) is 0 Å². The zero-order valence-corrected chi connectivity index (χ0v) is 8.81. The summed E-state index contributed by atoms with van der Waals surface area (Å²) in [6, 6.07) is 6.12. The number of methoxy groups -OCH3 is 1. The zero-order chi connectivity index (χ0) is 10.1. The molecule has 0 N–H and O–H groups in total. The molecule has 3 heteroatoms. The van der Waals surface area contributed by atoms with E-state index in [9.17, 15) is 0 Å². The molecule has 14 heavy (non-hydrogen) atoms. The van der Waals surface area contributed by atoms with Crippen LogP contribution in [0.5, 0.6) is 5.75 Å². The summed E-state index contributed by atoms with van der Waals surface area (Å²) in [5.41, 5.74) is 1.85. The molecule has 0 amide bonds. The molecule has 1 heterocycles. The third-order valence-corrected chi connectivity index (χ3v) is 3.13. The van der Waals surface area contributed by atoms with Crippen LogP contribution >= 0.6 is 11.3 Å². The summed E-state index contributed by atoms with van der Waals surface area (Å²) in [6.45, 7) is 2.00. The highest BCUT2D eigenvalue weighted by molar-refractivity contribution is 7.17. The van der Waals surface area contributed by atoms with Gasteiger partial charge in [0.05, 0.1) is 12.7 Å². The Kier molecular flexibility index (Phi) is 2.14. The van der Waals surface area contributed by atoms with E-state index in [1.54, 1.807) is 18.4 Å². The fourth-order valence-electron chi connectivity index (χ4n) is 1.54. The first-order valence-corrected chi connectivity index (χ1v) is 5.10. The molecule has 0 aliphatic carbocycles. The molecular weight excluding hydrogens is 194 g/mol. The van der Waals surface area contributed by atoms with Crippen LogP contribution in [0.15, 0.2) is 17.5 Å². The van der Waals surface area contributed by atoms with E-state index in [0.717, 1.165) is 27.0 Å². The highest BCUT2D eigenvalue weighted by atomic mass is 32.1. The van der Waals surface area contributed by atoms with Crippen LogP contribution in [0.4, 0.5) is 0 Å². The Hall–Kier alpha value is -1.53. The van der Waals surface area contributed by atoms with Crippen LogP contribution in [0, 0.1) is 18.3 Å². The Morgan fingerprint density at radius 1 is 1.43 bits per heavy atom. The van der Waals surface area contributed by atoms with Gasteiger partial charge in [0.2, 0.25) is 0 Å². The number of rotatable bonds is 1. The van der Waals surface area contributed by atoms with Crippen molar-refractivity contribution in [2.75, 3.05) is 7.11 Å². The molecule has 0 aliphatic heterocycles. The van der Waals surface area contributed by atoms with Gasteiger partial charge in [0.25, 0.3) is 0 Å². The molecule has 0 aliphatic rings. The number of nitriles is 1. The minimum atomic E-state index is 0.755. The Labute approximate surface area is 86.4 Å².